The second kappa shape index (κ2) is 5.01. The molecule has 0 spiro atoms. The van der Waals surface area contributed by atoms with E-state index in [1.165, 1.54) is 38.5 Å². The summed E-state index contributed by atoms with van der Waals surface area (Å²) in [4.78, 5) is 12.9. The van der Waals surface area contributed by atoms with Crippen LogP contribution in [0.5, 0.6) is 0 Å². The molecular weight excluding hydrogens is 248 g/mol. The average molecular weight is 278 g/mol. The molecule has 1 amide bonds. The predicted molar refractivity (Wildman–Crippen MR) is 81.1 cm³/mol. The first-order valence-corrected chi connectivity index (χ1v) is 8.57. The van der Waals surface area contributed by atoms with Crippen molar-refractivity contribution in [2.24, 2.45) is 28.9 Å². The number of hydrogen-bond acceptors (Lipinski definition) is 2. The Morgan fingerprint density at radius 1 is 1.10 bits per heavy atom. The molecule has 4 aliphatic carbocycles. The third-order valence-electron chi connectivity index (χ3n) is 6.64. The van der Waals surface area contributed by atoms with Gasteiger partial charge in [0.25, 0.3) is 0 Å². The average Bonchev–Trinajstić information content (AvgIpc) is 2.39. The number of rotatable bonds is 5. The summed E-state index contributed by atoms with van der Waals surface area (Å²) >= 11 is 0. The van der Waals surface area contributed by atoms with Crippen molar-refractivity contribution in [2.45, 2.75) is 70.8 Å². The number of amides is 1. The van der Waals surface area contributed by atoms with Crippen molar-refractivity contribution in [3.63, 3.8) is 0 Å². The fraction of sp³-hybridized carbons (Fsp3) is 0.941. The fourth-order valence-corrected chi connectivity index (χ4v) is 5.59. The molecule has 0 aliphatic heterocycles. The van der Waals surface area contributed by atoms with Crippen LogP contribution in [0, 0.1) is 23.2 Å². The molecule has 3 nitrogen and oxygen atoms in total. The van der Waals surface area contributed by atoms with E-state index >= 15 is 0 Å². The van der Waals surface area contributed by atoms with Crippen molar-refractivity contribution < 1.29 is 4.79 Å². The van der Waals surface area contributed by atoms with E-state index in [1.807, 2.05) is 0 Å². The predicted octanol–water partition coefficient (Wildman–Crippen LogP) is 2.84. The van der Waals surface area contributed by atoms with Gasteiger partial charge >= 0.3 is 0 Å². The highest BCUT2D eigenvalue weighted by atomic mass is 16.2. The van der Waals surface area contributed by atoms with Gasteiger partial charge in [-0.2, -0.15) is 0 Å². The van der Waals surface area contributed by atoms with Gasteiger partial charge in [0.15, 0.2) is 0 Å². The van der Waals surface area contributed by atoms with Crippen LogP contribution < -0.4 is 11.1 Å². The van der Waals surface area contributed by atoms with Crippen LogP contribution in [0.1, 0.15) is 65.2 Å². The Kier molecular flexibility index (Phi) is 3.60. The Morgan fingerprint density at radius 2 is 1.55 bits per heavy atom. The first kappa shape index (κ1) is 14.4. The molecule has 0 aromatic heterocycles. The first-order valence-electron chi connectivity index (χ1n) is 8.57. The van der Waals surface area contributed by atoms with Gasteiger partial charge < -0.3 is 11.1 Å². The van der Waals surface area contributed by atoms with Crippen molar-refractivity contribution in [1.29, 1.82) is 0 Å². The van der Waals surface area contributed by atoms with Gasteiger partial charge in [-0.25, -0.2) is 0 Å². The molecule has 4 rings (SSSR count). The monoisotopic (exact) mass is 278 g/mol. The third kappa shape index (κ3) is 2.18. The molecule has 0 saturated heterocycles. The summed E-state index contributed by atoms with van der Waals surface area (Å²) in [6.45, 7) is 4.66. The highest BCUT2D eigenvalue weighted by Gasteiger charge is 2.52. The summed E-state index contributed by atoms with van der Waals surface area (Å²) in [6, 6.07) is 0. The van der Waals surface area contributed by atoms with Gasteiger partial charge in [0.05, 0.1) is 5.41 Å². The molecule has 3 N–H and O–H groups in total. The van der Waals surface area contributed by atoms with E-state index in [2.05, 4.69) is 19.2 Å². The minimum atomic E-state index is -0.344. The van der Waals surface area contributed by atoms with Crippen molar-refractivity contribution in [1.82, 2.24) is 5.32 Å². The molecule has 0 atom stereocenters. The van der Waals surface area contributed by atoms with Crippen molar-refractivity contribution in [3.05, 3.63) is 0 Å². The van der Waals surface area contributed by atoms with Crippen LogP contribution in [0.3, 0.4) is 0 Å². The molecule has 4 saturated carbocycles. The van der Waals surface area contributed by atoms with E-state index < -0.39 is 0 Å². The van der Waals surface area contributed by atoms with E-state index in [0.29, 0.717) is 6.54 Å². The lowest BCUT2D eigenvalue weighted by molar-refractivity contribution is -0.137. The molecular formula is C17H30N2O. The number of carbonyl (C=O) groups excluding carboxylic acids is 1. The van der Waals surface area contributed by atoms with Gasteiger partial charge in [0.2, 0.25) is 5.91 Å². The van der Waals surface area contributed by atoms with Crippen molar-refractivity contribution >= 4 is 5.91 Å². The minimum Gasteiger partial charge on any atom is -0.350 e. The lowest BCUT2D eigenvalue weighted by atomic mass is 9.53. The highest BCUT2D eigenvalue weighted by molar-refractivity contribution is 5.83. The zero-order valence-corrected chi connectivity index (χ0v) is 13.1. The molecule has 4 aliphatic rings. The van der Waals surface area contributed by atoms with E-state index in [4.69, 9.17) is 5.73 Å². The Morgan fingerprint density at radius 3 is 1.90 bits per heavy atom. The van der Waals surface area contributed by atoms with E-state index in [1.54, 1.807) is 0 Å². The van der Waals surface area contributed by atoms with E-state index in [0.717, 1.165) is 30.6 Å². The summed E-state index contributed by atoms with van der Waals surface area (Å²) in [7, 11) is 0. The summed E-state index contributed by atoms with van der Waals surface area (Å²) < 4.78 is 0. The van der Waals surface area contributed by atoms with Gasteiger partial charge in [0, 0.05) is 12.1 Å². The number of carbonyl (C=O) groups is 1. The Bertz CT molecular complexity index is 343. The minimum absolute atomic E-state index is 0.122. The van der Waals surface area contributed by atoms with Crippen LogP contribution in [0.4, 0.5) is 0 Å². The highest BCUT2D eigenvalue weighted by Crippen LogP contribution is 2.55. The molecule has 4 bridgehead atoms. The molecule has 4 fully saturated rings. The largest absolute Gasteiger partial charge is 0.350 e. The molecule has 0 radical (unpaired) electrons. The van der Waals surface area contributed by atoms with Gasteiger partial charge in [-0.3, -0.25) is 4.79 Å². The lowest BCUT2D eigenvalue weighted by Gasteiger charge is -2.57. The van der Waals surface area contributed by atoms with Crippen LogP contribution >= 0.6 is 0 Å². The third-order valence-corrected chi connectivity index (χ3v) is 6.64. The standard InChI is InChI=1S/C17H30N2O/c1-3-16(4-2,11-18)15(20)19-17-8-12-5-13(9-17)7-14(6-12)10-17/h12-14H,3-11,18H2,1-2H3,(H,19,20). The smallest absolute Gasteiger partial charge is 0.227 e. The van der Waals surface area contributed by atoms with Crippen LogP contribution in [0.2, 0.25) is 0 Å². The van der Waals surface area contributed by atoms with Gasteiger partial charge in [0.1, 0.15) is 0 Å². The van der Waals surface area contributed by atoms with Crippen molar-refractivity contribution in [3.8, 4) is 0 Å². The molecule has 0 unspecified atom stereocenters. The van der Waals surface area contributed by atoms with Crippen LogP contribution in [-0.4, -0.2) is 18.0 Å². The Balaban J connectivity index is 1.75. The summed E-state index contributed by atoms with van der Waals surface area (Å²) in [5.41, 5.74) is 5.71. The Labute approximate surface area is 123 Å². The SMILES string of the molecule is CCC(CC)(CN)C(=O)NC12CC3CC(CC(C3)C1)C2. The maximum absolute atomic E-state index is 12.9. The van der Waals surface area contributed by atoms with Crippen LogP contribution in [0.15, 0.2) is 0 Å². The molecule has 114 valence electrons. The van der Waals surface area contributed by atoms with E-state index in [9.17, 15) is 4.79 Å². The van der Waals surface area contributed by atoms with Gasteiger partial charge in [-0.1, -0.05) is 13.8 Å². The topological polar surface area (TPSA) is 55.1 Å². The molecule has 3 heteroatoms. The quantitative estimate of drug-likeness (QED) is 0.812. The number of hydrogen-bond donors (Lipinski definition) is 2. The molecule has 0 heterocycles. The van der Waals surface area contributed by atoms with Crippen LogP contribution in [0.25, 0.3) is 0 Å². The second-order valence-corrected chi connectivity index (χ2v) is 7.84. The summed E-state index contributed by atoms with van der Waals surface area (Å²) in [6.07, 6.45) is 9.60. The number of nitrogens with two attached hydrogens (primary N) is 1. The fourth-order valence-electron chi connectivity index (χ4n) is 5.59. The summed E-state index contributed by atoms with van der Waals surface area (Å²) in [5, 5.41) is 3.50. The van der Waals surface area contributed by atoms with Crippen LogP contribution in [-0.2, 0) is 4.79 Å². The molecule has 20 heavy (non-hydrogen) atoms. The maximum Gasteiger partial charge on any atom is 0.227 e. The maximum atomic E-state index is 12.9. The zero-order chi connectivity index (χ0) is 14.4. The Hall–Kier alpha value is -0.570. The van der Waals surface area contributed by atoms with Gasteiger partial charge in [-0.05, 0) is 69.1 Å². The van der Waals surface area contributed by atoms with Gasteiger partial charge in [-0.15, -0.1) is 0 Å². The lowest BCUT2D eigenvalue weighted by Crippen LogP contribution is -2.62. The second-order valence-electron chi connectivity index (χ2n) is 7.84. The number of nitrogens with one attached hydrogen (secondary N) is 1. The normalized spacial score (nSPS) is 39.0. The summed E-state index contributed by atoms with van der Waals surface area (Å²) in [5.74, 6) is 2.85. The first-order chi connectivity index (χ1) is 9.54. The zero-order valence-electron chi connectivity index (χ0n) is 13.1. The molecule has 0 aromatic carbocycles. The molecule has 0 aromatic rings. The van der Waals surface area contributed by atoms with Crippen molar-refractivity contribution in [2.75, 3.05) is 6.54 Å². The van der Waals surface area contributed by atoms with E-state index in [-0.39, 0.29) is 16.9 Å².